The maximum atomic E-state index is 3.85. The summed E-state index contributed by atoms with van der Waals surface area (Å²) in [7, 11) is 0. The molecule has 0 heterocycles. The Morgan fingerprint density at radius 2 is 1.92 bits per heavy atom. The van der Waals surface area contributed by atoms with Crippen molar-refractivity contribution in [2.45, 2.75) is 47.5 Å². The van der Waals surface area contributed by atoms with Gasteiger partial charge in [0, 0.05) is 0 Å². The van der Waals surface area contributed by atoms with E-state index in [2.05, 4.69) is 46.4 Å². The van der Waals surface area contributed by atoms with Gasteiger partial charge < -0.3 is 0 Å². The van der Waals surface area contributed by atoms with E-state index in [0.29, 0.717) is 5.41 Å². The number of allylic oxidation sites excluding steroid dienone is 3. The maximum absolute atomic E-state index is 3.85. The molecule has 0 aliphatic carbocycles. The van der Waals surface area contributed by atoms with Crippen molar-refractivity contribution in [1.82, 2.24) is 0 Å². The van der Waals surface area contributed by atoms with Crippen molar-refractivity contribution in [3.8, 4) is 0 Å². The van der Waals surface area contributed by atoms with E-state index in [9.17, 15) is 0 Å². The van der Waals surface area contributed by atoms with E-state index in [0.717, 1.165) is 17.9 Å². The molecule has 0 fully saturated rings. The predicted molar refractivity (Wildman–Crippen MR) is 61.8 cm³/mol. The van der Waals surface area contributed by atoms with E-state index >= 15 is 0 Å². The van der Waals surface area contributed by atoms with Crippen molar-refractivity contribution in [3.63, 3.8) is 0 Å². The lowest BCUT2D eigenvalue weighted by Gasteiger charge is -2.25. The smallest absolute Gasteiger partial charge is 0.0296 e. The first-order valence-electron chi connectivity index (χ1n) is 5.15. The minimum absolute atomic E-state index is 0.431. The number of rotatable bonds is 5. The molecule has 0 saturated heterocycles. The molecule has 76 valence electrons. The second-order valence-electron chi connectivity index (χ2n) is 5.22. The van der Waals surface area contributed by atoms with Crippen molar-refractivity contribution < 1.29 is 0 Å². The van der Waals surface area contributed by atoms with Crippen LogP contribution in [0.2, 0.25) is 0 Å². The van der Waals surface area contributed by atoms with Gasteiger partial charge in [0.25, 0.3) is 0 Å². The monoisotopic (exact) mass is 180 g/mol. The van der Waals surface area contributed by atoms with Gasteiger partial charge in [0.2, 0.25) is 0 Å². The van der Waals surface area contributed by atoms with E-state index < -0.39 is 0 Å². The van der Waals surface area contributed by atoms with Gasteiger partial charge in [-0.2, -0.15) is 0 Å². The molecule has 0 aromatic rings. The Labute approximate surface area is 83.7 Å². The minimum atomic E-state index is 0.431. The van der Waals surface area contributed by atoms with Gasteiger partial charge in [-0.15, -0.1) is 0 Å². The lowest BCUT2D eigenvalue weighted by atomic mass is 9.81. The second kappa shape index (κ2) is 5.26. The predicted octanol–water partition coefficient (Wildman–Crippen LogP) is 4.58. The highest BCUT2D eigenvalue weighted by Gasteiger charge is 2.17. The largest absolute Gasteiger partial charge is 0.0961 e. The minimum Gasteiger partial charge on any atom is -0.0961 e. The third kappa shape index (κ3) is 7.83. The van der Waals surface area contributed by atoms with Crippen molar-refractivity contribution in [1.29, 1.82) is 0 Å². The fourth-order valence-electron chi connectivity index (χ4n) is 1.77. The lowest BCUT2D eigenvalue weighted by Crippen LogP contribution is -2.13. The van der Waals surface area contributed by atoms with Gasteiger partial charge in [0.05, 0.1) is 0 Å². The van der Waals surface area contributed by atoms with Crippen LogP contribution in [0.1, 0.15) is 47.5 Å². The second-order valence-corrected chi connectivity index (χ2v) is 5.22. The Hall–Kier alpha value is -0.520. The summed E-state index contributed by atoms with van der Waals surface area (Å²) >= 11 is 0. The summed E-state index contributed by atoms with van der Waals surface area (Å²) in [5, 5.41) is 0. The van der Waals surface area contributed by atoms with Crippen LogP contribution in [0.25, 0.3) is 0 Å². The zero-order valence-corrected chi connectivity index (χ0v) is 9.85. The Kier molecular flexibility index (Phi) is 5.05. The van der Waals surface area contributed by atoms with Crippen LogP contribution in [-0.2, 0) is 0 Å². The van der Waals surface area contributed by atoms with Crippen molar-refractivity contribution >= 4 is 0 Å². The van der Waals surface area contributed by atoms with E-state index in [1.54, 1.807) is 0 Å². The molecule has 0 bridgehead atoms. The number of hydrogen-bond acceptors (Lipinski definition) is 0. The summed E-state index contributed by atoms with van der Waals surface area (Å²) in [6, 6.07) is 0. The van der Waals surface area contributed by atoms with Crippen molar-refractivity contribution in [3.05, 3.63) is 24.3 Å². The van der Waals surface area contributed by atoms with Gasteiger partial charge in [0.15, 0.2) is 0 Å². The highest BCUT2D eigenvalue weighted by Crippen LogP contribution is 2.29. The molecule has 0 rings (SSSR count). The molecule has 0 saturated carbocycles. The summed E-state index contributed by atoms with van der Waals surface area (Å²) in [6.45, 7) is 15.1. The zero-order chi connectivity index (χ0) is 10.5. The van der Waals surface area contributed by atoms with Crippen LogP contribution < -0.4 is 0 Å². The first kappa shape index (κ1) is 12.5. The molecule has 0 aliphatic rings. The molecular weight excluding hydrogens is 156 g/mol. The first-order valence-corrected chi connectivity index (χ1v) is 5.15. The van der Waals surface area contributed by atoms with Crippen LogP contribution in [-0.4, -0.2) is 0 Å². The van der Waals surface area contributed by atoms with E-state index in [4.69, 9.17) is 0 Å². The Morgan fingerprint density at radius 3 is 2.31 bits per heavy atom. The van der Waals surface area contributed by atoms with Gasteiger partial charge >= 0.3 is 0 Å². The quantitative estimate of drug-likeness (QED) is 0.543. The van der Waals surface area contributed by atoms with Crippen LogP contribution >= 0.6 is 0 Å². The van der Waals surface area contributed by atoms with Crippen molar-refractivity contribution in [2.24, 2.45) is 11.3 Å². The summed E-state index contributed by atoms with van der Waals surface area (Å²) < 4.78 is 0. The molecule has 0 nitrogen and oxygen atoms in total. The molecule has 0 aliphatic heterocycles. The van der Waals surface area contributed by atoms with Gasteiger partial charge in [-0.1, -0.05) is 52.0 Å². The lowest BCUT2D eigenvalue weighted by molar-refractivity contribution is 0.291. The summed E-state index contributed by atoms with van der Waals surface area (Å²) in [6.07, 6.45) is 6.79. The summed E-state index contributed by atoms with van der Waals surface area (Å²) in [4.78, 5) is 0. The van der Waals surface area contributed by atoms with E-state index in [-0.39, 0.29) is 0 Å². The molecule has 0 aromatic carbocycles. The molecule has 0 radical (unpaired) electrons. The molecule has 0 amide bonds. The van der Waals surface area contributed by atoms with E-state index in [1.807, 2.05) is 6.92 Å². The van der Waals surface area contributed by atoms with Gasteiger partial charge in [-0.05, 0) is 31.1 Å². The fraction of sp³-hybridized carbons (Fsp3) is 0.692. The van der Waals surface area contributed by atoms with Crippen LogP contribution in [0.5, 0.6) is 0 Å². The fourth-order valence-corrected chi connectivity index (χ4v) is 1.77. The zero-order valence-electron chi connectivity index (χ0n) is 9.85. The summed E-state index contributed by atoms with van der Waals surface area (Å²) in [5.41, 5.74) is 1.57. The molecule has 0 unspecified atom stereocenters. The first-order chi connectivity index (χ1) is 5.83. The molecule has 0 heteroatoms. The highest BCUT2D eigenvalue weighted by atomic mass is 14.2. The number of hydrogen-bond donors (Lipinski definition) is 0. The van der Waals surface area contributed by atoms with Crippen molar-refractivity contribution in [2.75, 3.05) is 0 Å². The third-order valence-corrected chi connectivity index (χ3v) is 2.03. The maximum Gasteiger partial charge on any atom is -0.0296 e. The normalized spacial score (nSPS) is 12.8. The molecule has 0 N–H and O–H groups in total. The molecule has 0 spiro atoms. The van der Waals surface area contributed by atoms with E-state index in [1.165, 1.54) is 6.42 Å². The Balaban J connectivity index is 3.95. The topological polar surface area (TPSA) is 0 Å². The standard InChI is InChI=1S/C13H24/c1-11(2)8-7-9-13(5,6)10-12(3)4/h7-8,12H,1,9-10H2,2-6H3/b8-7+. The Bertz CT molecular complexity index is 182. The van der Waals surface area contributed by atoms with Crippen LogP contribution in [0.4, 0.5) is 0 Å². The molecule has 0 aromatic heterocycles. The van der Waals surface area contributed by atoms with Gasteiger partial charge in [-0.25, -0.2) is 0 Å². The summed E-state index contributed by atoms with van der Waals surface area (Å²) in [5.74, 6) is 0.785. The SMILES string of the molecule is C=C(C)/C=C/CC(C)(C)CC(C)C. The van der Waals surface area contributed by atoms with Gasteiger partial charge in [-0.3, -0.25) is 0 Å². The average molecular weight is 180 g/mol. The van der Waals surface area contributed by atoms with Crippen LogP contribution in [0.15, 0.2) is 24.3 Å². The van der Waals surface area contributed by atoms with Crippen LogP contribution in [0.3, 0.4) is 0 Å². The third-order valence-electron chi connectivity index (χ3n) is 2.03. The average Bonchev–Trinajstić information content (AvgIpc) is 1.81. The van der Waals surface area contributed by atoms with Gasteiger partial charge in [0.1, 0.15) is 0 Å². The molecule has 0 atom stereocenters. The Morgan fingerprint density at radius 1 is 1.38 bits per heavy atom. The molecule has 13 heavy (non-hydrogen) atoms. The van der Waals surface area contributed by atoms with Crippen LogP contribution in [0, 0.1) is 11.3 Å². The molecular formula is C13H24. The highest BCUT2D eigenvalue weighted by molar-refractivity contribution is 5.11.